The Labute approximate surface area is 141 Å². The van der Waals surface area contributed by atoms with Crippen molar-refractivity contribution in [2.75, 3.05) is 0 Å². The van der Waals surface area contributed by atoms with Gasteiger partial charge < -0.3 is 4.74 Å². The van der Waals surface area contributed by atoms with E-state index in [1.165, 1.54) is 25.0 Å². The van der Waals surface area contributed by atoms with Crippen LogP contribution in [0.1, 0.15) is 32.1 Å². The largest absolute Gasteiger partial charge is 0.483 e. The Bertz CT molecular complexity index is 590. The predicted molar refractivity (Wildman–Crippen MR) is 85.8 cm³/mol. The molecule has 2 saturated carbocycles. The van der Waals surface area contributed by atoms with Crippen molar-refractivity contribution >= 4 is 44.8 Å². The van der Waals surface area contributed by atoms with Crippen LogP contribution in [0.15, 0.2) is 12.1 Å². The van der Waals surface area contributed by atoms with E-state index >= 15 is 0 Å². The summed E-state index contributed by atoms with van der Waals surface area (Å²) in [6.45, 7) is 0. The lowest BCUT2D eigenvalue weighted by Crippen LogP contribution is -2.55. The molecule has 0 N–H and O–H groups in total. The van der Waals surface area contributed by atoms with Gasteiger partial charge in [0.15, 0.2) is 5.75 Å². The van der Waals surface area contributed by atoms with Crippen molar-refractivity contribution in [3.63, 3.8) is 0 Å². The molecule has 0 amide bonds. The van der Waals surface area contributed by atoms with Gasteiger partial charge in [-0.15, -0.1) is 0 Å². The number of benzene rings is 1. The van der Waals surface area contributed by atoms with Crippen molar-refractivity contribution in [1.29, 1.82) is 0 Å². The summed E-state index contributed by atoms with van der Waals surface area (Å²) in [5.41, 5.74) is -0.0180. The summed E-state index contributed by atoms with van der Waals surface area (Å²) in [7, 11) is 0. The quantitative estimate of drug-likeness (QED) is 0.393. The maximum Gasteiger partial charge on any atom is 0.312 e. The van der Waals surface area contributed by atoms with Crippen molar-refractivity contribution in [1.82, 2.24) is 0 Å². The molecule has 1 spiro atoms. The fourth-order valence-electron chi connectivity index (χ4n) is 3.44. The van der Waals surface area contributed by atoms with Gasteiger partial charge in [0.2, 0.25) is 0 Å². The summed E-state index contributed by atoms with van der Waals surface area (Å²) in [5, 5.41) is 11.6. The topological polar surface area (TPSA) is 52.4 Å². The van der Waals surface area contributed by atoms with E-state index < -0.39 is 4.92 Å². The standard InChI is InChI=1S/C14H14BrCl2NO3/c15-12-7-13(14(12)3-1-2-4-14)21-11-6-9(17)8(16)5-10(11)18(19)20/h5-6,12-13H,1-4,7H2. The molecule has 0 bridgehead atoms. The third-order valence-electron chi connectivity index (χ3n) is 4.69. The average molecular weight is 395 g/mol. The molecule has 2 aliphatic carbocycles. The van der Waals surface area contributed by atoms with Crippen molar-refractivity contribution in [2.45, 2.75) is 43.0 Å². The van der Waals surface area contributed by atoms with E-state index in [2.05, 4.69) is 15.9 Å². The molecule has 2 aliphatic rings. The molecule has 4 nitrogen and oxygen atoms in total. The lowest BCUT2D eigenvalue weighted by atomic mass is 9.64. The first-order valence-corrected chi connectivity index (χ1v) is 8.55. The van der Waals surface area contributed by atoms with Crippen LogP contribution in [0.3, 0.4) is 0 Å². The molecule has 2 fully saturated rings. The Kier molecular flexibility index (Phi) is 4.10. The summed E-state index contributed by atoms with van der Waals surface area (Å²) in [4.78, 5) is 11.1. The van der Waals surface area contributed by atoms with Gasteiger partial charge in [0, 0.05) is 22.4 Å². The minimum absolute atomic E-state index is 0.000294. The maximum absolute atomic E-state index is 11.2. The molecular formula is C14H14BrCl2NO3. The van der Waals surface area contributed by atoms with Gasteiger partial charge in [-0.3, -0.25) is 10.1 Å². The Morgan fingerprint density at radius 1 is 1.29 bits per heavy atom. The number of hydrogen-bond donors (Lipinski definition) is 0. The van der Waals surface area contributed by atoms with Gasteiger partial charge in [-0.05, 0) is 19.3 Å². The van der Waals surface area contributed by atoms with Crippen LogP contribution in [-0.4, -0.2) is 15.9 Å². The molecule has 2 unspecified atom stereocenters. The monoisotopic (exact) mass is 393 g/mol. The molecule has 0 saturated heterocycles. The number of alkyl halides is 1. The third-order valence-corrected chi connectivity index (χ3v) is 6.70. The van der Waals surface area contributed by atoms with E-state index in [0.717, 1.165) is 19.3 Å². The third kappa shape index (κ3) is 2.53. The second kappa shape index (κ2) is 5.60. The number of ether oxygens (including phenoxy) is 1. The zero-order valence-corrected chi connectivity index (χ0v) is 14.2. The fraction of sp³-hybridized carbons (Fsp3) is 0.571. The van der Waals surface area contributed by atoms with Crippen LogP contribution in [0.2, 0.25) is 10.0 Å². The van der Waals surface area contributed by atoms with E-state index in [0.29, 0.717) is 4.83 Å². The van der Waals surface area contributed by atoms with E-state index in [9.17, 15) is 10.1 Å². The molecule has 1 aromatic carbocycles. The number of nitrogens with zero attached hydrogens (tertiary/aromatic N) is 1. The minimum atomic E-state index is -0.483. The molecule has 7 heteroatoms. The zero-order valence-electron chi connectivity index (χ0n) is 11.2. The van der Waals surface area contributed by atoms with Crippen LogP contribution in [0.5, 0.6) is 5.75 Å². The number of nitro groups is 1. The van der Waals surface area contributed by atoms with Crippen LogP contribution >= 0.6 is 39.1 Å². The lowest BCUT2D eigenvalue weighted by molar-refractivity contribution is -0.386. The smallest absolute Gasteiger partial charge is 0.312 e. The second-order valence-electron chi connectivity index (χ2n) is 5.74. The van der Waals surface area contributed by atoms with Gasteiger partial charge >= 0.3 is 5.69 Å². The molecular weight excluding hydrogens is 381 g/mol. The molecule has 21 heavy (non-hydrogen) atoms. The highest BCUT2D eigenvalue weighted by Crippen LogP contribution is 2.58. The molecule has 0 radical (unpaired) electrons. The lowest BCUT2D eigenvalue weighted by Gasteiger charge is -2.51. The van der Waals surface area contributed by atoms with E-state index in [1.54, 1.807) is 0 Å². The van der Waals surface area contributed by atoms with Crippen LogP contribution in [0.25, 0.3) is 0 Å². The van der Waals surface area contributed by atoms with Crippen molar-refractivity contribution in [3.8, 4) is 5.75 Å². The summed E-state index contributed by atoms with van der Waals surface area (Å²) in [5.74, 6) is 0.213. The van der Waals surface area contributed by atoms with Crippen LogP contribution in [0.4, 0.5) is 5.69 Å². The van der Waals surface area contributed by atoms with Crippen molar-refractivity contribution < 1.29 is 9.66 Å². The molecule has 0 aliphatic heterocycles. The molecule has 114 valence electrons. The van der Waals surface area contributed by atoms with E-state index in [1.807, 2.05) is 0 Å². The maximum atomic E-state index is 11.2. The van der Waals surface area contributed by atoms with Crippen LogP contribution < -0.4 is 4.74 Å². The first-order chi connectivity index (χ1) is 9.94. The minimum Gasteiger partial charge on any atom is -0.483 e. The summed E-state index contributed by atoms with van der Waals surface area (Å²) in [6.07, 6.45) is 5.43. The SMILES string of the molecule is O=[N+]([O-])c1cc(Cl)c(Cl)cc1OC1CC(Br)C12CCCC2. The first-order valence-electron chi connectivity index (χ1n) is 6.88. The molecule has 0 aromatic heterocycles. The van der Waals surface area contributed by atoms with Crippen molar-refractivity contribution in [3.05, 3.63) is 32.3 Å². The molecule has 0 heterocycles. The molecule has 2 atom stereocenters. The van der Waals surface area contributed by atoms with Gasteiger partial charge in [0.05, 0.1) is 15.0 Å². The normalized spacial score (nSPS) is 26.6. The average Bonchev–Trinajstić information content (AvgIpc) is 2.94. The molecule has 1 aromatic rings. The number of rotatable bonds is 3. The van der Waals surface area contributed by atoms with Gasteiger partial charge in [-0.25, -0.2) is 0 Å². The van der Waals surface area contributed by atoms with E-state index in [4.69, 9.17) is 27.9 Å². The van der Waals surface area contributed by atoms with Gasteiger partial charge in [0.25, 0.3) is 0 Å². The summed E-state index contributed by atoms with van der Waals surface area (Å²) in [6, 6.07) is 2.71. The van der Waals surface area contributed by atoms with Crippen LogP contribution in [-0.2, 0) is 0 Å². The molecule has 3 rings (SSSR count). The summed E-state index contributed by atoms with van der Waals surface area (Å²) >= 11 is 15.5. The van der Waals surface area contributed by atoms with Crippen LogP contribution in [0, 0.1) is 15.5 Å². The van der Waals surface area contributed by atoms with E-state index in [-0.39, 0.29) is 33.0 Å². The Balaban J connectivity index is 1.88. The zero-order chi connectivity index (χ0) is 15.2. The van der Waals surface area contributed by atoms with Gasteiger partial charge in [-0.2, -0.15) is 0 Å². The van der Waals surface area contributed by atoms with Gasteiger partial charge in [-0.1, -0.05) is 52.0 Å². The highest BCUT2D eigenvalue weighted by molar-refractivity contribution is 9.09. The Morgan fingerprint density at radius 3 is 2.48 bits per heavy atom. The number of halogens is 3. The predicted octanol–water partition coefficient (Wildman–Crippen LogP) is 5.38. The fourth-order valence-corrected chi connectivity index (χ4v) is 4.84. The first kappa shape index (κ1) is 15.4. The summed E-state index contributed by atoms with van der Waals surface area (Å²) < 4.78 is 5.97. The Morgan fingerprint density at radius 2 is 1.90 bits per heavy atom. The highest BCUT2D eigenvalue weighted by Gasteiger charge is 2.56. The Hall–Kier alpha value is -0.520. The highest BCUT2D eigenvalue weighted by atomic mass is 79.9. The van der Waals surface area contributed by atoms with Crippen molar-refractivity contribution in [2.24, 2.45) is 5.41 Å². The number of nitro benzene ring substituents is 1. The van der Waals surface area contributed by atoms with Gasteiger partial charge in [0.1, 0.15) is 6.10 Å². The number of hydrogen-bond acceptors (Lipinski definition) is 3. The second-order valence-corrected chi connectivity index (χ2v) is 7.66.